The van der Waals surface area contributed by atoms with Crippen molar-refractivity contribution in [2.24, 2.45) is 0 Å². The summed E-state index contributed by atoms with van der Waals surface area (Å²) in [6.07, 6.45) is 2.46. The molecule has 1 N–H and O–H groups in total. The Morgan fingerprint density at radius 3 is 2.89 bits per heavy atom. The summed E-state index contributed by atoms with van der Waals surface area (Å²) in [6.45, 7) is 1.43. The Kier molecular flexibility index (Phi) is 3.76. The number of halogens is 1. The summed E-state index contributed by atoms with van der Waals surface area (Å²) in [6, 6.07) is 4.23. The summed E-state index contributed by atoms with van der Waals surface area (Å²) in [5, 5.41) is 13.8. The number of rotatable bonds is 6. The lowest BCUT2D eigenvalue weighted by atomic mass is 10.2. The predicted molar refractivity (Wildman–Crippen MR) is 67.2 cm³/mol. The molecule has 0 bridgehead atoms. The summed E-state index contributed by atoms with van der Waals surface area (Å²) in [5.74, 6) is -0.595. The molecule has 0 spiro atoms. The standard InChI is InChI=1S/C12H16FN3O2/c1-15(10-3-4-10)7-6-14-11-5-2-9(13)8-12(11)16(17)18/h2,5,8,10,14H,3-4,6-7H2,1H3. The van der Waals surface area contributed by atoms with Gasteiger partial charge >= 0.3 is 0 Å². The third-order valence-corrected chi connectivity index (χ3v) is 3.11. The minimum absolute atomic E-state index is 0.218. The van der Waals surface area contributed by atoms with Crippen molar-refractivity contribution in [1.82, 2.24) is 4.90 Å². The Labute approximate surface area is 105 Å². The van der Waals surface area contributed by atoms with E-state index in [0.29, 0.717) is 18.3 Å². The molecule has 1 aromatic carbocycles. The lowest BCUT2D eigenvalue weighted by Gasteiger charge is -2.16. The lowest BCUT2D eigenvalue weighted by Crippen LogP contribution is -2.27. The highest BCUT2D eigenvalue weighted by atomic mass is 19.1. The van der Waals surface area contributed by atoms with Gasteiger partial charge in [0.15, 0.2) is 0 Å². The molecule has 98 valence electrons. The maximum Gasteiger partial charge on any atom is 0.295 e. The Morgan fingerprint density at radius 2 is 2.28 bits per heavy atom. The second-order valence-corrected chi connectivity index (χ2v) is 4.56. The molecule has 0 aromatic heterocycles. The summed E-state index contributed by atoms with van der Waals surface area (Å²) >= 11 is 0. The summed E-state index contributed by atoms with van der Waals surface area (Å²) in [5.41, 5.74) is 0.148. The first-order valence-corrected chi connectivity index (χ1v) is 5.96. The summed E-state index contributed by atoms with van der Waals surface area (Å²) in [7, 11) is 2.04. The molecule has 18 heavy (non-hydrogen) atoms. The van der Waals surface area contributed by atoms with Gasteiger partial charge in [0.1, 0.15) is 11.5 Å². The highest BCUT2D eigenvalue weighted by Gasteiger charge is 2.25. The third kappa shape index (κ3) is 3.16. The van der Waals surface area contributed by atoms with E-state index in [-0.39, 0.29) is 5.69 Å². The predicted octanol–water partition coefficient (Wildman–Crippen LogP) is 2.24. The number of hydrogen-bond donors (Lipinski definition) is 1. The molecule has 1 saturated carbocycles. The van der Waals surface area contributed by atoms with E-state index in [1.165, 1.54) is 25.0 Å². The number of nitrogens with zero attached hydrogens (tertiary/aromatic N) is 2. The maximum atomic E-state index is 12.9. The van der Waals surface area contributed by atoms with E-state index in [4.69, 9.17) is 0 Å². The fourth-order valence-electron chi connectivity index (χ4n) is 1.87. The first kappa shape index (κ1) is 12.8. The number of likely N-dealkylation sites (N-methyl/N-ethyl adjacent to an activating group) is 1. The van der Waals surface area contributed by atoms with Crippen molar-refractivity contribution in [1.29, 1.82) is 0 Å². The number of nitrogens with one attached hydrogen (secondary N) is 1. The first-order valence-electron chi connectivity index (χ1n) is 5.96. The van der Waals surface area contributed by atoms with Crippen LogP contribution in [0.1, 0.15) is 12.8 Å². The van der Waals surface area contributed by atoms with Crippen LogP contribution in [0.4, 0.5) is 15.8 Å². The summed E-state index contributed by atoms with van der Waals surface area (Å²) < 4.78 is 12.9. The van der Waals surface area contributed by atoms with Gasteiger partial charge in [-0.2, -0.15) is 0 Å². The van der Waals surface area contributed by atoms with Crippen molar-refractivity contribution in [2.45, 2.75) is 18.9 Å². The van der Waals surface area contributed by atoms with Crippen molar-refractivity contribution in [3.8, 4) is 0 Å². The maximum absolute atomic E-state index is 12.9. The molecule has 6 heteroatoms. The van der Waals surface area contributed by atoms with Crippen LogP contribution >= 0.6 is 0 Å². The largest absolute Gasteiger partial charge is 0.378 e. The molecule has 1 fully saturated rings. The number of nitro benzene ring substituents is 1. The average molecular weight is 253 g/mol. The van der Waals surface area contributed by atoms with Crippen molar-refractivity contribution >= 4 is 11.4 Å². The van der Waals surface area contributed by atoms with E-state index in [0.717, 1.165) is 12.6 Å². The molecule has 0 aliphatic heterocycles. The molecule has 1 aliphatic rings. The van der Waals surface area contributed by atoms with Crippen LogP contribution < -0.4 is 5.32 Å². The van der Waals surface area contributed by atoms with Crippen LogP contribution in [0.5, 0.6) is 0 Å². The smallest absolute Gasteiger partial charge is 0.295 e. The average Bonchev–Trinajstić information content (AvgIpc) is 3.14. The SMILES string of the molecule is CN(CCNc1ccc(F)cc1[N+](=O)[O-])C1CC1. The zero-order chi connectivity index (χ0) is 13.1. The Hall–Kier alpha value is -1.69. The molecule has 2 rings (SSSR count). The van der Waals surface area contributed by atoms with Crippen molar-refractivity contribution in [3.63, 3.8) is 0 Å². The van der Waals surface area contributed by atoms with E-state index in [2.05, 4.69) is 10.2 Å². The number of anilines is 1. The molecule has 5 nitrogen and oxygen atoms in total. The van der Waals surface area contributed by atoms with Crippen LogP contribution in [0, 0.1) is 15.9 Å². The third-order valence-electron chi connectivity index (χ3n) is 3.11. The van der Waals surface area contributed by atoms with Gasteiger partial charge in [-0.25, -0.2) is 4.39 Å². The molecular formula is C12H16FN3O2. The highest BCUT2D eigenvalue weighted by molar-refractivity contribution is 5.61. The fraction of sp³-hybridized carbons (Fsp3) is 0.500. The van der Waals surface area contributed by atoms with Gasteiger partial charge in [0.25, 0.3) is 5.69 Å². The lowest BCUT2D eigenvalue weighted by molar-refractivity contribution is -0.384. The Morgan fingerprint density at radius 1 is 1.56 bits per heavy atom. The number of nitro groups is 1. The molecule has 0 atom stereocenters. The van der Waals surface area contributed by atoms with Crippen LogP contribution in [-0.2, 0) is 0 Å². The zero-order valence-corrected chi connectivity index (χ0v) is 10.2. The van der Waals surface area contributed by atoms with Crippen molar-refractivity contribution in [3.05, 3.63) is 34.1 Å². The Balaban J connectivity index is 1.93. The van der Waals surface area contributed by atoms with Gasteiger partial charge < -0.3 is 10.2 Å². The minimum Gasteiger partial charge on any atom is -0.378 e. The van der Waals surface area contributed by atoms with E-state index >= 15 is 0 Å². The van der Waals surface area contributed by atoms with Crippen LogP contribution in [0.25, 0.3) is 0 Å². The van der Waals surface area contributed by atoms with Gasteiger partial charge in [-0.3, -0.25) is 10.1 Å². The van der Waals surface area contributed by atoms with Crippen molar-refractivity contribution in [2.75, 3.05) is 25.5 Å². The van der Waals surface area contributed by atoms with Gasteiger partial charge in [-0.1, -0.05) is 0 Å². The van der Waals surface area contributed by atoms with Gasteiger partial charge in [-0.05, 0) is 32.0 Å². The van der Waals surface area contributed by atoms with Crippen LogP contribution in [0.2, 0.25) is 0 Å². The second kappa shape index (κ2) is 5.30. The summed E-state index contributed by atoms with van der Waals surface area (Å²) in [4.78, 5) is 12.4. The number of benzene rings is 1. The minimum atomic E-state index is -0.595. The molecule has 0 amide bonds. The molecule has 0 heterocycles. The van der Waals surface area contributed by atoms with Gasteiger partial charge in [0, 0.05) is 19.1 Å². The van der Waals surface area contributed by atoms with Crippen LogP contribution in [0.3, 0.4) is 0 Å². The molecular weight excluding hydrogens is 237 g/mol. The molecule has 1 aliphatic carbocycles. The van der Waals surface area contributed by atoms with Crippen LogP contribution in [-0.4, -0.2) is 36.0 Å². The quantitative estimate of drug-likeness (QED) is 0.624. The second-order valence-electron chi connectivity index (χ2n) is 4.56. The zero-order valence-electron chi connectivity index (χ0n) is 10.2. The normalized spacial score (nSPS) is 14.8. The highest BCUT2D eigenvalue weighted by Crippen LogP contribution is 2.26. The van der Waals surface area contributed by atoms with E-state index in [1.807, 2.05) is 7.05 Å². The van der Waals surface area contributed by atoms with E-state index in [1.54, 1.807) is 0 Å². The van der Waals surface area contributed by atoms with E-state index in [9.17, 15) is 14.5 Å². The first-order chi connectivity index (χ1) is 8.58. The monoisotopic (exact) mass is 253 g/mol. The van der Waals surface area contributed by atoms with E-state index < -0.39 is 10.7 Å². The van der Waals surface area contributed by atoms with Gasteiger partial charge in [-0.15, -0.1) is 0 Å². The number of hydrogen-bond acceptors (Lipinski definition) is 4. The fourth-order valence-corrected chi connectivity index (χ4v) is 1.87. The molecule has 0 saturated heterocycles. The molecule has 0 unspecified atom stereocenters. The topological polar surface area (TPSA) is 58.4 Å². The Bertz CT molecular complexity index is 449. The molecule has 1 aromatic rings. The van der Waals surface area contributed by atoms with Gasteiger partial charge in [0.2, 0.25) is 0 Å². The van der Waals surface area contributed by atoms with Crippen LogP contribution in [0.15, 0.2) is 18.2 Å². The van der Waals surface area contributed by atoms with Gasteiger partial charge in [0.05, 0.1) is 11.0 Å². The molecule has 0 radical (unpaired) electrons. The van der Waals surface area contributed by atoms with Crippen molar-refractivity contribution < 1.29 is 9.31 Å².